The van der Waals surface area contributed by atoms with Crippen LogP contribution in [-0.4, -0.2) is 47.9 Å². The Morgan fingerprint density at radius 2 is 2.00 bits per heavy atom. The highest BCUT2D eigenvalue weighted by atomic mass is 35.5. The fourth-order valence-corrected chi connectivity index (χ4v) is 2.83. The number of carbonyl (C=O) groups excluding carboxylic acids is 4. The topological polar surface area (TPSA) is 105 Å². The largest absolute Gasteiger partial charge is 0.455 e. The molecule has 1 fully saturated rings. The van der Waals surface area contributed by atoms with E-state index in [9.17, 15) is 19.2 Å². The molecule has 2 rings (SSSR count). The van der Waals surface area contributed by atoms with Crippen LogP contribution in [0.4, 0.5) is 4.79 Å². The lowest BCUT2D eigenvalue weighted by Crippen LogP contribution is -2.44. The van der Waals surface area contributed by atoms with E-state index in [4.69, 9.17) is 16.3 Å². The molecule has 1 saturated heterocycles. The monoisotopic (exact) mass is 395 g/mol. The van der Waals surface area contributed by atoms with Crippen molar-refractivity contribution in [3.63, 3.8) is 0 Å². The number of benzene rings is 1. The predicted octanol–water partition coefficient (Wildman–Crippen LogP) is 1.47. The molecule has 1 aliphatic rings. The van der Waals surface area contributed by atoms with Crippen LogP contribution in [0.25, 0.3) is 0 Å². The molecular weight excluding hydrogens is 374 g/mol. The van der Waals surface area contributed by atoms with E-state index in [0.717, 1.165) is 5.56 Å². The molecule has 1 atom stereocenters. The Hall–Kier alpha value is -2.61. The van der Waals surface area contributed by atoms with Crippen LogP contribution in [0.5, 0.6) is 0 Å². The second-order valence-electron chi connectivity index (χ2n) is 6.55. The van der Waals surface area contributed by atoms with E-state index in [1.54, 1.807) is 26.0 Å². The smallest absolute Gasteiger partial charge is 0.321 e. The number of hydrogen-bond donors (Lipinski definition) is 2. The fourth-order valence-electron chi connectivity index (χ4n) is 2.63. The summed E-state index contributed by atoms with van der Waals surface area (Å²) in [5, 5.41) is 5.09. The van der Waals surface area contributed by atoms with Crippen molar-refractivity contribution in [2.45, 2.75) is 32.9 Å². The van der Waals surface area contributed by atoms with Gasteiger partial charge in [-0.15, -0.1) is 0 Å². The number of carbonyl (C=O) groups is 4. The maximum absolute atomic E-state index is 12.1. The average Bonchev–Trinajstić information content (AvgIpc) is 2.95. The molecule has 0 unspecified atom stereocenters. The Labute approximate surface area is 162 Å². The number of nitrogens with zero attached hydrogens (tertiary/aromatic N) is 1. The van der Waals surface area contributed by atoms with Crippen molar-refractivity contribution in [2.75, 3.05) is 13.2 Å². The third kappa shape index (κ3) is 6.25. The van der Waals surface area contributed by atoms with Crippen LogP contribution in [0.3, 0.4) is 0 Å². The molecule has 0 bridgehead atoms. The fraction of sp³-hybridized carbons (Fsp3) is 0.444. The summed E-state index contributed by atoms with van der Waals surface area (Å²) in [5.41, 5.74) is 0.789. The van der Waals surface area contributed by atoms with Gasteiger partial charge in [-0.25, -0.2) is 4.79 Å². The molecule has 27 heavy (non-hydrogen) atoms. The molecule has 1 aromatic carbocycles. The maximum atomic E-state index is 12.1. The first-order valence-corrected chi connectivity index (χ1v) is 8.92. The number of imide groups is 1. The predicted molar refractivity (Wildman–Crippen MR) is 97.7 cm³/mol. The van der Waals surface area contributed by atoms with Gasteiger partial charge in [-0.2, -0.15) is 0 Å². The molecule has 8 nitrogen and oxygen atoms in total. The summed E-state index contributed by atoms with van der Waals surface area (Å²) >= 11 is 6.10. The number of ether oxygens (including phenoxy) is 1. The summed E-state index contributed by atoms with van der Waals surface area (Å²) in [6, 6.07) is 6.37. The van der Waals surface area contributed by atoms with E-state index in [1.165, 1.54) is 4.90 Å². The summed E-state index contributed by atoms with van der Waals surface area (Å²) < 4.78 is 4.93. The molecule has 0 spiro atoms. The lowest BCUT2D eigenvalue weighted by atomic mass is 10.1. The van der Waals surface area contributed by atoms with Crippen molar-refractivity contribution in [2.24, 2.45) is 5.92 Å². The van der Waals surface area contributed by atoms with Crippen LogP contribution in [0, 0.1) is 5.92 Å². The number of urea groups is 1. The Balaban J connectivity index is 1.80. The minimum absolute atomic E-state index is 0.0126. The van der Waals surface area contributed by atoms with E-state index < -0.39 is 30.4 Å². The number of amides is 4. The van der Waals surface area contributed by atoms with Gasteiger partial charge in [0.15, 0.2) is 6.61 Å². The van der Waals surface area contributed by atoms with Gasteiger partial charge >= 0.3 is 12.0 Å². The molecule has 1 aromatic rings. The Morgan fingerprint density at radius 3 is 2.67 bits per heavy atom. The number of halogens is 1. The Kier molecular flexibility index (Phi) is 7.18. The van der Waals surface area contributed by atoms with Crippen LogP contribution in [0.2, 0.25) is 5.02 Å². The number of esters is 1. The number of rotatable bonds is 6. The van der Waals surface area contributed by atoms with Gasteiger partial charge < -0.3 is 15.0 Å². The zero-order chi connectivity index (χ0) is 20.0. The van der Waals surface area contributed by atoms with Gasteiger partial charge in [0.1, 0.15) is 0 Å². The summed E-state index contributed by atoms with van der Waals surface area (Å²) in [6.07, 6.45) is 0.0126. The zero-order valence-electron chi connectivity index (χ0n) is 15.2. The van der Waals surface area contributed by atoms with Crippen molar-refractivity contribution >= 4 is 35.4 Å². The Morgan fingerprint density at radius 1 is 1.30 bits per heavy atom. The van der Waals surface area contributed by atoms with Gasteiger partial charge in [0.05, 0.1) is 5.92 Å². The summed E-state index contributed by atoms with van der Waals surface area (Å²) in [5.74, 6) is -2.22. The summed E-state index contributed by atoms with van der Waals surface area (Å²) in [6.45, 7) is 3.40. The quantitative estimate of drug-likeness (QED) is 0.709. The van der Waals surface area contributed by atoms with Crippen LogP contribution in [-0.2, 0) is 25.7 Å². The average molecular weight is 396 g/mol. The van der Waals surface area contributed by atoms with E-state index >= 15 is 0 Å². The minimum atomic E-state index is -0.737. The third-order valence-electron chi connectivity index (χ3n) is 3.89. The van der Waals surface area contributed by atoms with Crippen molar-refractivity contribution in [1.29, 1.82) is 0 Å². The Bertz CT molecular complexity index is 737. The second-order valence-corrected chi connectivity index (χ2v) is 6.96. The highest BCUT2D eigenvalue weighted by molar-refractivity contribution is 6.31. The maximum Gasteiger partial charge on any atom is 0.321 e. The molecule has 0 aromatic heterocycles. The van der Waals surface area contributed by atoms with Crippen molar-refractivity contribution < 1.29 is 23.9 Å². The lowest BCUT2D eigenvalue weighted by Gasteiger charge is -2.17. The van der Waals surface area contributed by atoms with E-state index in [0.29, 0.717) is 11.6 Å². The van der Waals surface area contributed by atoms with Crippen molar-refractivity contribution in [1.82, 2.24) is 15.5 Å². The van der Waals surface area contributed by atoms with E-state index in [-0.39, 0.29) is 24.9 Å². The normalized spacial score (nSPS) is 16.4. The van der Waals surface area contributed by atoms with Gasteiger partial charge in [-0.3, -0.25) is 19.7 Å². The molecule has 0 aliphatic carbocycles. The first-order chi connectivity index (χ1) is 12.8. The molecule has 4 amide bonds. The van der Waals surface area contributed by atoms with Crippen LogP contribution < -0.4 is 10.6 Å². The van der Waals surface area contributed by atoms with Crippen molar-refractivity contribution in [3.8, 4) is 0 Å². The SMILES string of the molecule is CC(C)NC(=O)NC(=O)COC(=O)[C@@H]1CC(=O)N(Cc2ccccc2Cl)C1. The molecule has 1 heterocycles. The van der Waals surface area contributed by atoms with Crippen LogP contribution in [0.15, 0.2) is 24.3 Å². The third-order valence-corrected chi connectivity index (χ3v) is 4.25. The molecular formula is C18H22ClN3O5. The van der Waals surface area contributed by atoms with Gasteiger partial charge in [0.2, 0.25) is 5.91 Å². The number of hydrogen-bond acceptors (Lipinski definition) is 5. The van der Waals surface area contributed by atoms with E-state index in [1.807, 2.05) is 12.1 Å². The van der Waals surface area contributed by atoms with E-state index in [2.05, 4.69) is 10.6 Å². The second kappa shape index (κ2) is 9.36. The van der Waals surface area contributed by atoms with Gasteiger partial charge in [-0.05, 0) is 25.5 Å². The number of nitrogens with one attached hydrogen (secondary N) is 2. The zero-order valence-corrected chi connectivity index (χ0v) is 15.9. The standard InChI is InChI=1S/C18H22ClN3O5/c1-11(2)20-18(26)21-15(23)10-27-17(25)13-7-16(24)22(9-13)8-12-5-3-4-6-14(12)19/h3-6,11,13H,7-10H2,1-2H3,(H2,20,21,23,26)/t13-/m1/s1. The molecule has 0 saturated carbocycles. The summed E-state index contributed by atoms with van der Waals surface area (Å²) in [7, 11) is 0. The van der Waals surface area contributed by atoms with Gasteiger partial charge in [-0.1, -0.05) is 29.8 Å². The van der Waals surface area contributed by atoms with Crippen molar-refractivity contribution in [3.05, 3.63) is 34.9 Å². The molecule has 1 aliphatic heterocycles. The first-order valence-electron chi connectivity index (χ1n) is 8.54. The molecule has 2 N–H and O–H groups in total. The first kappa shape index (κ1) is 20.7. The lowest BCUT2D eigenvalue weighted by molar-refractivity contribution is -0.152. The highest BCUT2D eigenvalue weighted by Gasteiger charge is 2.35. The molecule has 146 valence electrons. The molecule has 9 heteroatoms. The summed E-state index contributed by atoms with van der Waals surface area (Å²) in [4.78, 5) is 48.8. The van der Waals surface area contributed by atoms with Crippen LogP contribution >= 0.6 is 11.6 Å². The number of likely N-dealkylation sites (tertiary alicyclic amines) is 1. The minimum Gasteiger partial charge on any atom is -0.455 e. The van der Waals surface area contributed by atoms with Crippen LogP contribution in [0.1, 0.15) is 25.8 Å². The van der Waals surface area contributed by atoms with Gasteiger partial charge in [0.25, 0.3) is 5.91 Å². The van der Waals surface area contributed by atoms with Gasteiger partial charge in [0, 0.05) is 30.6 Å². The molecule has 0 radical (unpaired) electrons. The highest BCUT2D eigenvalue weighted by Crippen LogP contribution is 2.24.